The molecule has 0 amide bonds. The van der Waals surface area contributed by atoms with E-state index < -0.39 is 0 Å². The van der Waals surface area contributed by atoms with Crippen molar-refractivity contribution >= 4 is 46.5 Å². The predicted octanol–water partition coefficient (Wildman–Crippen LogP) is 7.04. The summed E-state index contributed by atoms with van der Waals surface area (Å²) in [5.41, 5.74) is 3.79. The zero-order chi connectivity index (χ0) is 16.4. The fourth-order valence-electron chi connectivity index (χ4n) is 3.15. The summed E-state index contributed by atoms with van der Waals surface area (Å²) >= 11 is 0. The Balaban J connectivity index is 0.000000354. The molecule has 0 N–H and O–H groups in total. The van der Waals surface area contributed by atoms with Gasteiger partial charge in [0.15, 0.2) is 0 Å². The second-order valence-corrected chi connectivity index (χ2v) is 6.02. The molecule has 0 fully saturated rings. The number of nitrogens with zero attached hydrogens (tertiary/aromatic N) is 1. The third-order valence-electron chi connectivity index (χ3n) is 4.38. The fraction of sp³-hybridized carbons (Fsp3) is 0.0870. The van der Waals surface area contributed by atoms with Gasteiger partial charge in [-0.3, -0.25) is 6.08 Å². The van der Waals surface area contributed by atoms with Crippen LogP contribution in [0.25, 0.3) is 27.4 Å². The Labute approximate surface area is 192 Å². The molecule has 1 aliphatic carbocycles. The third-order valence-corrected chi connectivity index (χ3v) is 4.38. The average Bonchev–Trinajstić information content (AvgIpc) is 3.34. The number of aromatic nitrogens is 1. The molecule has 0 aliphatic heterocycles. The Hall–Kier alpha value is -1.47. The second-order valence-electron chi connectivity index (χ2n) is 6.02. The maximum absolute atomic E-state index is 3.12. The summed E-state index contributed by atoms with van der Waals surface area (Å²) in [5.74, 6) is 0. The summed E-state index contributed by atoms with van der Waals surface area (Å²) in [6.45, 7) is 2.06. The fourth-order valence-corrected chi connectivity index (χ4v) is 3.15. The second kappa shape index (κ2) is 10.8. The van der Waals surface area contributed by atoms with Crippen LogP contribution in [0.3, 0.4) is 0 Å². The van der Waals surface area contributed by atoms with Gasteiger partial charge in [-0.15, -0.1) is 43.4 Å². The molecule has 5 rings (SSSR count). The minimum absolute atomic E-state index is 0. The predicted molar refractivity (Wildman–Crippen MR) is 117 cm³/mol. The van der Waals surface area contributed by atoms with Crippen molar-refractivity contribution in [2.24, 2.45) is 0 Å². The van der Waals surface area contributed by atoms with Crippen LogP contribution in [0.2, 0.25) is 0 Å². The number of benzene rings is 2. The van der Waals surface area contributed by atoms with E-state index in [1.54, 1.807) is 0 Å². The van der Waals surface area contributed by atoms with Crippen molar-refractivity contribution in [3.8, 4) is 5.69 Å². The van der Waals surface area contributed by atoms with E-state index in [0.29, 0.717) is 0 Å². The van der Waals surface area contributed by atoms with E-state index in [0.717, 1.165) is 6.42 Å². The van der Waals surface area contributed by atoms with Crippen molar-refractivity contribution in [1.82, 2.24) is 4.57 Å². The van der Waals surface area contributed by atoms with Crippen molar-refractivity contribution in [3.63, 3.8) is 0 Å². The molecule has 0 saturated carbocycles. The Bertz CT molecular complexity index is 982. The molecule has 3 aromatic carbocycles. The molecule has 4 heteroatoms. The molecule has 1 heterocycles. The Morgan fingerprint density at radius 2 is 1.59 bits per heavy atom. The van der Waals surface area contributed by atoms with Gasteiger partial charge in [-0.1, -0.05) is 72.3 Å². The van der Waals surface area contributed by atoms with E-state index in [2.05, 4.69) is 103 Å². The Morgan fingerprint density at radius 3 is 2.26 bits per heavy atom. The van der Waals surface area contributed by atoms with E-state index in [-0.39, 0.29) is 51.0 Å². The Kier molecular flexibility index (Phi) is 9.39. The molecule has 1 aromatic heterocycles. The number of hydrogen-bond acceptors (Lipinski definition) is 0. The molecule has 0 spiro atoms. The van der Waals surface area contributed by atoms with Crippen molar-refractivity contribution in [1.29, 1.82) is 0 Å². The summed E-state index contributed by atoms with van der Waals surface area (Å²) in [6.07, 6.45) is 10.5. The summed E-state index contributed by atoms with van der Waals surface area (Å²) in [6, 6.07) is 23.5. The van der Waals surface area contributed by atoms with E-state index in [9.17, 15) is 0 Å². The molecule has 0 saturated heterocycles. The van der Waals surface area contributed by atoms with Gasteiger partial charge in [0.1, 0.15) is 0 Å². The first-order valence-corrected chi connectivity index (χ1v) is 8.28. The number of rotatable bonds is 1. The number of halogens is 2. The van der Waals surface area contributed by atoms with Crippen LogP contribution < -0.4 is 0 Å². The molecule has 27 heavy (non-hydrogen) atoms. The number of hydrogen-bond donors (Lipinski definition) is 0. The summed E-state index contributed by atoms with van der Waals surface area (Å²) in [7, 11) is 0. The van der Waals surface area contributed by atoms with Gasteiger partial charge < -0.3 is 4.57 Å². The van der Waals surface area contributed by atoms with Gasteiger partial charge >= 0.3 is 26.2 Å². The van der Waals surface area contributed by atoms with Gasteiger partial charge in [0.05, 0.1) is 0 Å². The van der Waals surface area contributed by atoms with E-state index >= 15 is 0 Å². The summed E-state index contributed by atoms with van der Waals surface area (Å²) in [4.78, 5) is 0. The summed E-state index contributed by atoms with van der Waals surface area (Å²) < 4.78 is 2.26. The molecule has 136 valence electrons. The van der Waals surface area contributed by atoms with Crippen LogP contribution in [0.15, 0.2) is 90.7 Å². The minimum Gasteiger partial charge on any atom is -0.396 e. The number of allylic oxidation sites excluding steroid dienone is 4. The zero-order valence-corrected chi connectivity index (χ0v) is 19.1. The van der Waals surface area contributed by atoms with E-state index in [1.165, 1.54) is 32.9 Å². The van der Waals surface area contributed by atoms with Gasteiger partial charge in [0.2, 0.25) is 0 Å². The van der Waals surface area contributed by atoms with Crippen LogP contribution in [0.5, 0.6) is 0 Å². The molecule has 4 aromatic rings. The molecular formula is C23H21Cl2NZr. The summed E-state index contributed by atoms with van der Waals surface area (Å²) in [5, 5.41) is 3.88. The van der Waals surface area contributed by atoms with Gasteiger partial charge in [-0.2, -0.15) is 6.08 Å². The van der Waals surface area contributed by atoms with Gasteiger partial charge in [-0.25, -0.2) is 11.6 Å². The molecule has 1 aliphatic rings. The van der Waals surface area contributed by atoms with Crippen LogP contribution >= 0.6 is 24.8 Å². The normalized spacial score (nSPS) is 11.7. The van der Waals surface area contributed by atoms with Crippen molar-refractivity contribution in [3.05, 3.63) is 96.7 Å². The zero-order valence-electron chi connectivity index (χ0n) is 15.1. The molecule has 0 unspecified atom stereocenters. The van der Waals surface area contributed by atoms with E-state index in [4.69, 9.17) is 0 Å². The number of para-hydroxylation sites is 1. The molecule has 1 nitrogen and oxygen atoms in total. The van der Waals surface area contributed by atoms with Crippen LogP contribution in [-0.4, -0.2) is 4.57 Å². The largest absolute Gasteiger partial charge is 2.00 e. The average molecular weight is 474 g/mol. The van der Waals surface area contributed by atoms with Crippen LogP contribution in [0, 0.1) is 6.08 Å². The molecule has 0 atom stereocenters. The van der Waals surface area contributed by atoms with Crippen molar-refractivity contribution < 1.29 is 26.2 Å². The van der Waals surface area contributed by atoms with Crippen LogP contribution in [0.4, 0.5) is 0 Å². The standard InChI is InChI=1S/C17H12N.C6H7.2ClH.Zr/c1-3-7-15-13(5-1)9-10-17(15)18-12-11-14-6-2-4-8-16(14)18;1-6-4-2-3-5-6;;;/h1-12H;2,4H,3H2,1H3;2*1H;/q2*-1;;;+2. The molecular weight excluding hydrogens is 452 g/mol. The van der Waals surface area contributed by atoms with Crippen molar-refractivity contribution in [2.45, 2.75) is 13.3 Å². The topological polar surface area (TPSA) is 4.93 Å². The van der Waals surface area contributed by atoms with E-state index in [1.807, 2.05) is 0 Å². The maximum Gasteiger partial charge on any atom is 2.00 e. The Morgan fingerprint density at radius 1 is 0.889 bits per heavy atom. The maximum atomic E-state index is 3.12. The third kappa shape index (κ3) is 5.08. The SMILES string of the molecule is CC1=[C-]CC=C1.Cl.Cl.[Zr+2].c1ccc2c(c1)cc[c-]2-n1ccc2ccccc21. The molecule has 0 bridgehead atoms. The van der Waals surface area contributed by atoms with Gasteiger partial charge in [0, 0.05) is 0 Å². The first kappa shape index (κ1) is 23.6. The first-order valence-electron chi connectivity index (χ1n) is 8.28. The quantitative estimate of drug-likeness (QED) is 0.261. The monoisotopic (exact) mass is 471 g/mol. The first-order chi connectivity index (χ1) is 11.8. The molecule has 0 radical (unpaired) electrons. The van der Waals surface area contributed by atoms with Crippen molar-refractivity contribution in [2.75, 3.05) is 0 Å². The van der Waals surface area contributed by atoms with Gasteiger partial charge in [0.25, 0.3) is 0 Å². The number of fused-ring (bicyclic) bond motifs is 2. The minimum atomic E-state index is 0. The smallest absolute Gasteiger partial charge is 0.396 e. The van der Waals surface area contributed by atoms with Crippen LogP contribution in [0.1, 0.15) is 13.3 Å². The van der Waals surface area contributed by atoms with Crippen LogP contribution in [-0.2, 0) is 26.2 Å². The van der Waals surface area contributed by atoms with Gasteiger partial charge in [-0.05, 0) is 22.8 Å².